The van der Waals surface area contributed by atoms with Crippen LogP contribution in [0.2, 0.25) is 0 Å². The van der Waals surface area contributed by atoms with Crippen molar-refractivity contribution in [1.82, 2.24) is 5.32 Å². The number of carbonyl (C=O) groups excluding carboxylic acids is 1. The normalized spacial score (nSPS) is 12.0. The van der Waals surface area contributed by atoms with Gasteiger partial charge in [0.25, 0.3) is 0 Å². The maximum absolute atomic E-state index is 13.4. The first kappa shape index (κ1) is 15.1. The first-order valence-corrected chi connectivity index (χ1v) is 7.25. The van der Waals surface area contributed by atoms with Crippen molar-refractivity contribution >= 4 is 5.91 Å². The summed E-state index contributed by atoms with van der Waals surface area (Å²) in [7, 11) is 0. The summed E-state index contributed by atoms with van der Waals surface area (Å²) < 4.78 is 29.4. The molecule has 0 aromatic heterocycles. The molecule has 1 heterocycles. The topological polar surface area (TPSA) is 56.8 Å². The van der Waals surface area contributed by atoms with E-state index in [1.165, 1.54) is 6.07 Å². The van der Waals surface area contributed by atoms with E-state index in [4.69, 9.17) is 14.2 Å². The monoisotopic (exact) mass is 317 g/mol. The number of carbonyl (C=O) groups is 1. The molecule has 0 saturated carbocycles. The van der Waals surface area contributed by atoms with Crippen LogP contribution in [0.1, 0.15) is 5.56 Å². The van der Waals surface area contributed by atoms with E-state index in [9.17, 15) is 9.18 Å². The van der Waals surface area contributed by atoms with E-state index in [2.05, 4.69) is 5.32 Å². The molecule has 6 heteroatoms. The van der Waals surface area contributed by atoms with Crippen LogP contribution in [0.5, 0.6) is 17.2 Å². The van der Waals surface area contributed by atoms with E-state index in [0.29, 0.717) is 36.0 Å². The maximum atomic E-state index is 13.4. The van der Waals surface area contributed by atoms with Gasteiger partial charge in [0, 0.05) is 6.07 Å². The number of nitrogens with one attached hydrogen (secondary N) is 1. The molecule has 0 bridgehead atoms. The van der Waals surface area contributed by atoms with E-state index >= 15 is 0 Å². The number of halogens is 1. The summed E-state index contributed by atoms with van der Waals surface area (Å²) >= 11 is 0. The van der Waals surface area contributed by atoms with Crippen LogP contribution in [0.15, 0.2) is 42.5 Å². The number of amides is 1. The van der Waals surface area contributed by atoms with Crippen molar-refractivity contribution in [2.75, 3.05) is 19.9 Å². The SMILES string of the molecule is O=C(Cc1ccccc1F)NCCOc1ccc2c(c1)OCO2. The fourth-order valence-corrected chi connectivity index (χ4v) is 2.20. The van der Waals surface area contributed by atoms with Gasteiger partial charge < -0.3 is 19.5 Å². The summed E-state index contributed by atoms with van der Waals surface area (Å²) in [5.74, 6) is 1.35. The third-order valence-electron chi connectivity index (χ3n) is 3.35. The molecule has 0 fully saturated rings. The van der Waals surface area contributed by atoms with Crippen molar-refractivity contribution in [3.8, 4) is 17.2 Å². The first-order chi connectivity index (χ1) is 11.2. The summed E-state index contributed by atoms with van der Waals surface area (Å²) in [4.78, 5) is 11.8. The van der Waals surface area contributed by atoms with Crippen LogP contribution in [-0.4, -0.2) is 25.9 Å². The Morgan fingerprint density at radius 3 is 2.87 bits per heavy atom. The Morgan fingerprint density at radius 2 is 2.00 bits per heavy atom. The lowest BCUT2D eigenvalue weighted by Crippen LogP contribution is -2.29. The minimum Gasteiger partial charge on any atom is -0.492 e. The molecular weight excluding hydrogens is 301 g/mol. The fraction of sp³-hybridized carbons (Fsp3) is 0.235. The molecule has 120 valence electrons. The van der Waals surface area contributed by atoms with Crippen molar-refractivity contribution < 1.29 is 23.4 Å². The van der Waals surface area contributed by atoms with E-state index in [0.717, 1.165) is 0 Å². The van der Waals surface area contributed by atoms with Crippen molar-refractivity contribution in [2.24, 2.45) is 0 Å². The maximum Gasteiger partial charge on any atom is 0.231 e. The lowest BCUT2D eigenvalue weighted by atomic mass is 10.1. The number of hydrogen-bond donors (Lipinski definition) is 1. The largest absolute Gasteiger partial charge is 0.492 e. The van der Waals surface area contributed by atoms with Gasteiger partial charge in [0.05, 0.1) is 13.0 Å². The van der Waals surface area contributed by atoms with E-state index in [-0.39, 0.29) is 24.9 Å². The predicted octanol–water partition coefficient (Wildman–Crippen LogP) is 2.29. The second-order valence-corrected chi connectivity index (χ2v) is 4.98. The standard InChI is InChI=1S/C17H16FNO4/c18-14-4-2-1-3-12(14)9-17(20)19-7-8-21-13-5-6-15-16(10-13)23-11-22-15/h1-6,10H,7-9,11H2,(H,19,20). The van der Waals surface area contributed by atoms with Crippen molar-refractivity contribution in [2.45, 2.75) is 6.42 Å². The van der Waals surface area contributed by atoms with E-state index < -0.39 is 0 Å². The van der Waals surface area contributed by atoms with Gasteiger partial charge in [0.1, 0.15) is 18.2 Å². The molecule has 23 heavy (non-hydrogen) atoms. The summed E-state index contributed by atoms with van der Waals surface area (Å²) in [6.45, 7) is 0.856. The lowest BCUT2D eigenvalue weighted by molar-refractivity contribution is -0.120. The molecule has 0 radical (unpaired) electrons. The third-order valence-corrected chi connectivity index (χ3v) is 3.35. The molecule has 2 aromatic rings. The molecule has 1 N–H and O–H groups in total. The molecule has 3 rings (SSSR count). The molecule has 1 aliphatic rings. The Balaban J connectivity index is 1.41. The van der Waals surface area contributed by atoms with Gasteiger partial charge in [0.2, 0.25) is 12.7 Å². The van der Waals surface area contributed by atoms with Gasteiger partial charge in [0.15, 0.2) is 11.5 Å². The Hall–Kier alpha value is -2.76. The number of ether oxygens (including phenoxy) is 3. The van der Waals surface area contributed by atoms with Gasteiger partial charge in [-0.25, -0.2) is 4.39 Å². The molecule has 1 aliphatic heterocycles. The smallest absolute Gasteiger partial charge is 0.231 e. The average Bonchev–Trinajstić information content (AvgIpc) is 3.01. The number of rotatable bonds is 6. The Bertz CT molecular complexity index is 705. The minimum atomic E-state index is -0.376. The Morgan fingerprint density at radius 1 is 1.17 bits per heavy atom. The Labute approximate surface area is 133 Å². The average molecular weight is 317 g/mol. The summed E-state index contributed by atoms with van der Waals surface area (Å²) in [6.07, 6.45) is 0.0106. The van der Waals surface area contributed by atoms with Crippen molar-refractivity contribution in [3.05, 3.63) is 53.8 Å². The van der Waals surface area contributed by atoms with Gasteiger partial charge in [-0.3, -0.25) is 4.79 Å². The highest BCUT2D eigenvalue weighted by molar-refractivity contribution is 5.78. The molecule has 1 amide bonds. The van der Waals surface area contributed by atoms with Crippen LogP contribution in [0.4, 0.5) is 4.39 Å². The summed E-state index contributed by atoms with van der Waals surface area (Å²) in [6, 6.07) is 11.5. The van der Waals surface area contributed by atoms with Gasteiger partial charge in [-0.2, -0.15) is 0 Å². The lowest BCUT2D eigenvalue weighted by Gasteiger charge is -2.08. The highest BCUT2D eigenvalue weighted by Gasteiger charge is 2.13. The quantitative estimate of drug-likeness (QED) is 0.831. The zero-order chi connectivity index (χ0) is 16.1. The number of benzene rings is 2. The van der Waals surface area contributed by atoms with Crippen LogP contribution < -0.4 is 19.5 Å². The van der Waals surface area contributed by atoms with Crippen molar-refractivity contribution in [3.63, 3.8) is 0 Å². The fourth-order valence-electron chi connectivity index (χ4n) is 2.20. The van der Waals surface area contributed by atoms with Crippen LogP contribution >= 0.6 is 0 Å². The summed E-state index contributed by atoms with van der Waals surface area (Å²) in [5.41, 5.74) is 0.377. The molecule has 5 nitrogen and oxygen atoms in total. The first-order valence-electron chi connectivity index (χ1n) is 7.25. The molecule has 0 aliphatic carbocycles. The highest BCUT2D eigenvalue weighted by atomic mass is 19.1. The van der Waals surface area contributed by atoms with E-state index in [1.807, 2.05) is 0 Å². The second kappa shape index (κ2) is 7.00. The highest BCUT2D eigenvalue weighted by Crippen LogP contribution is 2.34. The minimum absolute atomic E-state index is 0.0106. The second-order valence-electron chi connectivity index (χ2n) is 4.98. The third kappa shape index (κ3) is 3.91. The number of hydrogen-bond acceptors (Lipinski definition) is 4. The van der Waals surface area contributed by atoms with Gasteiger partial charge in [-0.05, 0) is 23.8 Å². The molecule has 0 saturated heterocycles. The molecule has 2 aromatic carbocycles. The predicted molar refractivity (Wildman–Crippen MR) is 81.2 cm³/mol. The molecular formula is C17H16FNO4. The van der Waals surface area contributed by atoms with Crippen molar-refractivity contribution in [1.29, 1.82) is 0 Å². The zero-order valence-electron chi connectivity index (χ0n) is 12.4. The molecule has 0 unspecified atom stereocenters. The van der Waals surface area contributed by atoms with Gasteiger partial charge >= 0.3 is 0 Å². The van der Waals surface area contributed by atoms with Gasteiger partial charge in [-0.15, -0.1) is 0 Å². The number of fused-ring (bicyclic) bond motifs is 1. The zero-order valence-corrected chi connectivity index (χ0v) is 12.4. The Kier molecular flexibility index (Phi) is 4.61. The molecule has 0 spiro atoms. The molecule has 0 atom stereocenters. The summed E-state index contributed by atoms with van der Waals surface area (Å²) in [5, 5.41) is 2.69. The van der Waals surface area contributed by atoms with Crippen LogP contribution in [0.3, 0.4) is 0 Å². The van der Waals surface area contributed by atoms with Crippen LogP contribution in [-0.2, 0) is 11.2 Å². The van der Waals surface area contributed by atoms with Crippen LogP contribution in [0.25, 0.3) is 0 Å². The van der Waals surface area contributed by atoms with E-state index in [1.54, 1.807) is 36.4 Å². The van der Waals surface area contributed by atoms with Gasteiger partial charge in [-0.1, -0.05) is 18.2 Å². The van der Waals surface area contributed by atoms with Crippen LogP contribution in [0, 0.1) is 5.82 Å².